The first kappa shape index (κ1) is 21.3. The molecule has 4 atom stereocenters. The molecule has 5 aliphatic rings. The van der Waals surface area contributed by atoms with Gasteiger partial charge in [-0.05, 0) is 61.9 Å². The summed E-state index contributed by atoms with van der Waals surface area (Å²) in [5.74, 6) is 1.34. The van der Waals surface area contributed by atoms with Gasteiger partial charge in [-0.2, -0.15) is 0 Å². The van der Waals surface area contributed by atoms with Gasteiger partial charge >= 0.3 is 0 Å². The largest absolute Gasteiger partial charge is 0.504 e. The number of piperidine rings is 1. The fourth-order valence-electron chi connectivity index (χ4n) is 7.31. The second-order valence-electron chi connectivity index (χ2n) is 10.8. The van der Waals surface area contributed by atoms with Gasteiger partial charge in [0, 0.05) is 30.3 Å². The third-order valence-corrected chi connectivity index (χ3v) is 9.02. The van der Waals surface area contributed by atoms with Crippen LogP contribution >= 0.6 is 0 Å². The lowest BCUT2D eigenvalue weighted by atomic mass is 9.49. The summed E-state index contributed by atoms with van der Waals surface area (Å²) < 4.78 is 12.3. The van der Waals surface area contributed by atoms with Crippen LogP contribution in [-0.2, 0) is 21.4 Å². The number of benzene rings is 2. The normalized spacial score (nSPS) is 32.6. The predicted octanol–water partition coefficient (Wildman–Crippen LogP) is 3.11. The van der Waals surface area contributed by atoms with E-state index in [9.17, 15) is 15.0 Å². The van der Waals surface area contributed by atoms with E-state index in [1.54, 1.807) is 13.2 Å². The zero-order valence-corrected chi connectivity index (χ0v) is 19.8. The molecule has 2 aromatic rings. The van der Waals surface area contributed by atoms with E-state index in [1.807, 2.05) is 36.4 Å². The maximum absolute atomic E-state index is 13.6. The molecule has 1 saturated heterocycles. The summed E-state index contributed by atoms with van der Waals surface area (Å²) in [4.78, 5) is 16.0. The quantitative estimate of drug-likeness (QED) is 0.617. The number of aromatic hydroxyl groups is 1. The van der Waals surface area contributed by atoms with Gasteiger partial charge in [0.25, 0.3) is 5.91 Å². The van der Waals surface area contributed by atoms with Gasteiger partial charge in [-0.1, -0.05) is 24.3 Å². The van der Waals surface area contributed by atoms with Crippen LogP contribution in [0.2, 0.25) is 0 Å². The molecule has 182 valence electrons. The Labute approximate surface area is 204 Å². The number of likely N-dealkylation sites (tertiary alicyclic amines) is 1. The Morgan fingerprint density at radius 1 is 1.23 bits per heavy atom. The van der Waals surface area contributed by atoms with Crippen LogP contribution in [-0.4, -0.2) is 59.0 Å². The van der Waals surface area contributed by atoms with Crippen molar-refractivity contribution in [2.45, 2.75) is 55.3 Å². The number of methoxy groups -OCH3 is 1. The summed E-state index contributed by atoms with van der Waals surface area (Å²) in [5.41, 5.74) is 1.13. The minimum Gasteiger partial charge on any atom is -0.504 e. The van der Waals surface area contributed by atoms with Crippen molar-refractivity contribution in [1.82, 2.24) is 4.90 Å². The lowest BCUT2D eigenvalue weighted by Crippen LogP contribution is -2.75. The van der Waals surface area contributed by atoms with Crippen molar-refractivity contribution in [3.8, 4) is 11.5 Å². The number of nitrogens with one attached hydrogen (secondary N) is 1. The number of ether oxygens (including phenoxy) is 2. The molecule has 1 amide bonds. The number of carbonyl (C=O) groups excluding carboxylic acids is 1. The number of amides is 1. The number of phenolic OH excluding ortho intramolecular Hbond substituents is 1. The fraction of sp³-hybridized carbons (Fsp3) is 0.464. The minimum absolute atomic E-state index is 0.0690. The number of aliphatic hydroxyl groups is 1. The van der Waals surface area contributed by atoms with Gasteiger partial charge in [0.2, 0.25) is 0 Å². The van der Waals surface area contributed by atoms with Crippen molar-refractivity contribution in [3.05, 3.63) is 64.9 Å². The van der Waals surface area contributed by atoms with Gasteiger partial charge in [-0.25, -0.2) is 0 Å². The number of phenols is 1. The molecule has 0 unspecified atom stereocenters. The summed E-state index contributed by atoms with van der Waals surface area (Å²) in [6.07, 6.45) is 3.34. The Bertz CT molecular complexity index is 1260. The lowest BCUT2D eigenvalue weighted by Gasteiger charge is -2.62. The van der Waals surface area contributed by atoms with Gasteiger partial charge in [-0.15, -0.1) is 0 Å². The Morgan fingerprint density at radius 3 is 2.77 bits per heavy atom. The van der Waals surface area contributed by atoms with Crippen molar-refractivity contribution in [3.63, 3.8) is 0 Å². The predicted molar refractivity (Wildman–Crippen MR) is 129 cm³/mol. The molecule has 7 rings (SSSR count). The second-order valence-corrected chi connectivity index (χ2v) is 10.8. The molecule has 3 aliphatic carbocycles. The van der Waals surface area contributed by atoms with E-state index in [0.29, 0.717) is 41.5 Å². The standard InChI is InChI=1S/C28H30N2O5/c1-34-23-19(26(32)29-18-5-3-2-4-6-18)14-28(33)21-13-17-9-10-20(31)24-22(17)27(28,25(23)35-24)11-12-30(21)15-16-7-8-16/h2-6,9-10,16,21,25,31,33H,7-8,11-15H2,1H3,(H,29,32)/t21-,25+,27+,28-/m1/s1. The molecule has 1 saturated carbocycles. The number of rotatable bonds is 5. The van der Waals surface area contributed by atoms with E-state index in [2.05, 4.69) is 10.2 Å². The van der Waals surface area contributed by atoms with E-state index in [1.165, 1.54) is 12.8 Å². The van der Waals surface area contributed by atoms with E-state index in [4.69, 9.17) is 9.47 Å². The monoisotopic (exact) mass is 474 g/mol. The number of hydrogen-bond donors (Lipinski definition) is 3. The molecular weight excluding hydrogens is 444 g/mol. The Morgan fingerprint density at radius 2 is 2.03 bits per heavy atom. The zero-order chi connectivity index (χ0) is 23.9. The maximum Gasteiger partial charge on any atom is 0.255 e. The first-order chi connectivity index (χ1) is 17.0. The Hall–Kier alpha value is -3.03. The molecular formula is C28H30N2O5. The molecule has 0 aromatic heterocycles. The van der Waals surface area contributed by atoms with Crippen LogP contribution in [0, 0.1) is 5.92 Å². The van der Waals surface area contributed by atoms with Crippen molar-refractivity contribution < 1.29 is 24.5 Å². The van der Waals surface area contributed by atoms with E-state index < -0.39 is 17.1 Å². The second kappa shape index (κ2) is 7.24. The molecule has 2 fully saturated rings. The fourth-order valence-corrected chi connectivity index (χ4v) is 7.31. The van der Waals surface area contributed by atoms with Gasteiger partial charge < -0.3 is 25.0 Å². The highest BCUT2D eigenvalue weighted by atomic mass is 16.5. The average Bonchev–Trinajstić information content (AvgIpc) is 3.60. The summed E-state index contributed by atoms with van der Waals surface area (Å²) in [6.45, 7) is 1.82. The van der Waals surface area contributed by atoms with E-state index in [-0.39, 0.29) is 24.1 Å². The highest BCUT2D eigenvalue weighted by molar-refractivity contribution is 6.04. The van der Waals surface area contributed by atoms with Crippen LogP contribution in [0.1, 0.15) is 36.8 Å². The van der Waals surface area contributed by atoms with Gasteiger partial charge in [0.05, 0.1) is 23.7 Å². The van der Waals surface area contributed by atoms with Gasteiger partial charge in [-0.3, -0.25) is 9.69 Å². The molecule has 0 radical (unpaired) electrons. The SMILES string of the molecule is COC1=C(C(=O)Nc2ccccc2)C[C@@]2(O)[C@H]3Cc4ccc(O)c5c4[C@@]2(CCN3CC2CC2)[C@H]1O5. The number of nitrogens with zero attached hydrogens (tertiary/aromatic N) is 1. The summed E-state index contributed by atoms with van der Waals surface area (Å²) in [6, 6.07) is 12.8. The summed E-state index contributed by atoms with van der Waals surface area (Å²) in [7, 11) is 1.56. The molecule has 3 N–H and O–H groups in total. The first-order valence-electron chi connectivity index (χ1n) is 12.6. The van der Waals surface area contributed by atoms with Crippen LogP contribution < -0.4 is 10.1 Å². The topological polar surface area (TPSA) is 91.3 Å². The van der Waals surface area contributed by atoms with Crippen LogP contribution in [0.4, 0.5) is 5.69 Å². The van der Waals surface area contributed by atoms with Crippen LogP contribution in [0.5, 0.6) is 11.5 Å². The van der Waals surface area contributed by atoms with Crippen LogP contribution in [0.15, 0.2) is 53.8 Å². The zero-order valence-electron chi connectivity index (χ0n) is 19.8. The molecule has 2 heterocycles. The molecule has 2 aromatic carbocycles. The van der Waals surface area contributed by atoms with Crippen molar-refractivity contribution in [2.75, 3.05) is 25.5 Å². The molecule has 7 nitrogen and oxygen atoms in total. The number of para-hydroxylation sites is 1. The van der Waals surface area contributed by atoms with Crippen molar-refractivity contribution in [2.24, 2.45) is 5.92 Å². The smallest absolute Gasteiger partial charge is 0.255 e. The number of anilines is 1. The first-order valence-corrected chi connectivity index (χ1v) is 12.6. The van der Waals surface area contributed by atoms with Gasteiger partial charge in [0.15, 0.2) is 17.6 Å². The summed E-state index contributed by atoms with van der Waals surface area (Å²) >= 11 is 0. The average molecular weight is 475 g/mol. The third kappa shape index (κ3) is 2.76. The van der Waals surface area contributed by atoms with Gasteiger partial charge in [0.1, 0.15) is 5.76 Å². The van der Waals surface area contributed by atoms with Crippen LogP contribution in [0.25, 0.3) is 0 Å². The van der Waals surface area contributed by atoms with E-state index >= 15 is 0 Å². The van der Waals surface area contributed by atoms with E-state index in [0.717, 1.165) is 24.2 Å². The minimum atomic E-state index is -1.22. The lowest BCUT2D eigenvalue weighted by molar-refractivity contribution is -0.173. The Balaban J connectivity index is 1.39. The maximum atomic E-state index is 13.6. The molecule has 7 heteroatoms. The molecule has 35 heavy (non-hydrogen) atoms. The highest BCUT2D eigenvalue weighted by Crippen LogP contribution is 2.66. The molecule has 2 aliphatic heterocycles. The van der Waals surface area contributed by atoms with Crippen molar-refractivity contribution >= 4 is 11.6 Å². The Kier molecular flexibility index (Phi) is 4.40. The molecule has 2 bridgehead atoms. The number of carbonyl (C=O) groups is 1. The number of hydrogen-bond acceptors (Lipinski definition) is 6. The highest BCUT2D eigenvalue weighted by Gasteiger charge is 2.73. The summed E-state index contributed by atoms with van der Waals surface area (Å²) in [5, 5.41) is 26.5. The molecule has 1 spiro atoms. The van der Waals surface area contributed by atoms with Crippen LogP contribution in [0.3, 0.4) is 0 Å². The van der Waals surface area contributed by atoms with Crippen molar-refractivity contribution in [1.29, 1.82) is 0 Å². The third-order valence-electron chi connectivity index (χ3n) is 9.02.